The zero-order valence-electron chi connectivity index (χ0n) is 14.0. The summed E-state index contributed by atoms with van der Waals surface area (Å²) in [5.41, 5.74) is 0.192. The molecule has 0 bridgehead atoms. The molecule has 1 rings (SSSR count). The van der Waals surface area contributed by atoms with E-state index in [0.29, 0.717) is 13.2 Å². The number of likely N-dealkylation sites (N-methyl/N-ethyl adjacent to an activating group) is 1. The fourth-order valence-electron chi connectivity index (χ4n) is 1.67. The molecule has 0 unspecified atom stereocenters. The van der Waals surface area contributed by atoms with E-state index in [2.05, 4.69) is 0 Å². The molecular formula is C17H27NO3. The van der Waals surface area contributed by atoms with Gasteiger partial charge in [0.2, 0.25) is 0 Å². The van der Waals surface area contributed by atoms with Crippen molar-refractivity contribution in [2.75, 3.05) is 13.7 Å². The van der Waals surface area contributed by atoms with Crippen LogP contribution in [0.2, 0.25) is 0 Å². The van der Waals surface area contributed by atoms with Crippen molar-refractivity contribution in [3.8, 4) is 0 Å². The second-order valence-electron chi connectivity index (χ2n) is 6.83. The number of nitrogens with zero attached hydrogens (tertiary/aromatic N) is 1. The van der Waals surface area contributed by atoms with E-state index in [-0.39, 0.29) is 6.09 Å². The number of ether oxygens (including phenoxy) is 2. The molecule has 21 heavy (non-hydrogen) atoms. The molecule has 1 aromatic rings. The predicted molar refractivity (Wildman–Crippen MR) is 84.2 cm³/mol. The summed E-state index contributed by atoms with van der Waals surface area (Å²) in [4.78, 5) is 13.7. The Morgan fingerprint density at radius 1 is 1.10 bits per heavy atom. The first-order valence-electron chi connectivity index (χ1n) is 7.20. The van der Waals surface area contributed by atoms with Crippen LogP contribution in [-0.4, -0.2) is 35.8 Å². The summed E-state index contributed by atoms with van der Waals surface area (Å²) in [6, 6.07) is 9.98. The molecule has 118 valence electrons. The van der Waals surface area contributed by atoms with Crippen LogP contribution in [0.3, 0.4) is 0 Å². The third-order valence-corrected chi connectivity index (χ3v) is 3.14. The Labute approximate surface area is 128 Å². The molecule has 0 heterocycles. The van der Waals surface area contributed by atoms with Gasteiger partial charge in [-0.25, -0.2) is 4.79 Å². The topological polar surface area (TPSA) is 38.8 Å². The normalized spacial score (nSPS) is 12.1. The summed E-state index contributed by atoms with van der Waals surface area (Å²) in [5, 5.41) is 0. The molecule has 0 aliphatic rings. The predicted octanol–water partition coefficient (Wildman–Crippen LogP) is 3.85. The first-order chi connectivity index (χ1) is 9.62. The molecule has 0 N–H and O–H groups in total. The highest BCUT2D eigenvalue weighted by atomic mass is 16.6. The second kappa shape index (κ2) is 6.94. The zero-order valence-corrected chi connectivity index (χ0v) is 14.0. The van der Waals surface area contributed by atoms with Gasteiger partial charge in [0, 0.05) is 7.05 Å². The minimum absolute atomic E-state index is 0.337. The standard InChI is InChI=1S/C17H27NO3/c1-16(2,3)21-15(19)18(6)17(4,5)13-20-12-14-10-8-7-9-11-14/h7-11H,12-13H2,1-6H3. The van der Waals surface area contributed by atoms with Crippen LogP contribution in [0.15, 0.2) is 30.3 Å². The maximum absolute atomic E-state index is 12.1. The van der Waals surface area contributed by atoms with E-state index in [1.165, 1.54) is 0 Å². The smallest absolute Gasteiger partial charge is 0.410 e. The van der Waals surface area contributed by atoms with Gasteiger partial charge in [0.1, 0.15) is 5.60 Å². The summed E-state index contributed by atoms with van der Waals surface area (Å²) in [6.45, 7) is 10.5. The van der Waals surface area contributed by atoms with Crippen LogP contribution in [0.4, 0.5) is 4.79 Å². The van der Waals surface area contributed by atoms with Crippen molar-refractivity contribution in [2.45, 2.75) is 52.4 Å². The van der Waals surface area contributed by atoms with E-state index < -0.39 is 11.1 Å². The molecule has 0 saturated heterocycles. The van der Waals surface area contributed by atoms with Gasteiger partial charge in [0.05, 0.1) is 18.8 Å². The number of hydrogen-bond donors (Lipinski definition) is 0. The van der Waals surface area contributed by atoms with Gasteiger partial charge in [-0.3, -0.25) is 0 Å². The monoisotopic (exact) mass is 293 g/mol. The minimum Gasteiger partial charge on any atom is -0.444 e. The van der Waals surface area contributed by atoms with Crippen molar-refractivity contribution in [2.24, 2.45) is 0 Å². The van der Waals surface area contributed by atoms with E-state index in [9.17, 15) is 4.79 Å². The van der Waals surface area contributed by atoms with Gasteiger partial charge < -0.3 is 14.4 Å². The molecule has 0 saturated carbocycles. The zero-order chi connectivity index (χ0) is 16.1. The second-order valence-corrected chi connectivity index (χ2v) is 6.83. The molecule has 1 amide bonds. The van der Waals surface area contributed by atoms with Crippen LogP contribution in [0.1, 0.15) is 40.2 Å². The van der Waals surface area contributed by atoms with Crippen LogP contribution >= 0.6 is 0 Å². The fourth-order valence-corrected chi connectivity index (χ4v) is 1.67. The lowest BCUT2D eigenvalue weighted by atomic mass is 10.1. The van der Waals surface area contributed by atoms with Gasteiger partial charge in [-0.15, -0.1) is 0 Å². The number of carbonyl (C=O) groups excluding carboxylic acids is 1. The van der Waals surface area contributed by atoms with Crippen LogP contribution < -0.4 is 0 Å². The molecule has 0 spiro atoms. The van der Waals surface area contributed by atoms with E-state index in [1.54, 1.807) is 11.9 Å². The molecule has 0 atom stereocenters. The van der Waals surface area contributed by atoms with E-state index >= 15 is 0 Å². The first-order valence-corrected chi connectivity index (χ1v) is 7.20. The molecule has 0 fully saturated rings. The minimum atomic E-state index is -0.494. The lowest BCUT2D eigenvalue weighted by molar-refractivity contribution is -0.0161. The van der Waals surface area contributed by atoms with E-state index in [1.807, 2.05) is 65.0 Å². The maximum Gasteiger partial charge on any atom is 0.410 e. The molecule has 0 aromatic heterocycles. The number of rotatable bonds is 5. The molecule has 1 aromatic carbocycles. The first kappa shape index (κ1) is 17.5. The largest absolute Gasteiger partial charge is 0.444 e. The molecule has 0 aliphatic carbocycles. The third-order valence-electron chi connectivity index (χ3n) is 3.14. The summed E-state index contributed by atoms with van der Waals surface area (Å²) in [6.07, 6.45) is -0.337. The van der Waals surface area contributed by atoms with Crippen molar-refractivity contribution < 1.29 is 14.3 Å². The highest BCUT2D eigenvalue weighted by Gasteiger charge is 2.31. The van der Waals surface area contributed by atoms with Gasteiger partial charge in [-0.2, -0.15) is 0 Å². The Bertz CT molecular complexity index is 449. The number of amides is 1. The maximum atomic E-state index is 12.1. The molecule has 0 aliphatic heterocycles. The highest BCUT2D eigenvalue weighted by Crippen LogP contribution is 2.18. The Balaban J connectivity index is 2.50. The average molecular weight is 293 g/mol. The number of hydrogen-bond acceptors (Lipinski definition) is 3. The van der Waals surface area contributed by atoms with Gasteiger partial charge in [0.15, 0.2) is 0 Å². The Morgan fingerprint density at radius 3 is 2.19 bits per heavy atom. The summed E-state index contributed by atoms with van der Waals surface area (Å²) >= 11 is 0. The Morgan fingerprint density at radius 2 is 1.67 bits per heavy atom. The van der Waals surface area contributed by atoms with Crippen molar-refractivity contribution in [1.29, 1.82) is 0 Å². The lowest BCUT2D eigenvalue weighted by Crippen LogP contribution is -2.49. The van der Waals surface area contributed by atoms with Crippen molar-refractivity contribution in [3.63, 3.8) is 0 Å². The van der Waals surface area contributed by atoms with Gasteiger partial charge >= 0.3 is 6.09 Å². The van der Waals surface area contributed by atoms with Gasteiger partial charge in [0.25, 0.3) is 0 Å². The summed E-state index contributed by atoms with van der Waals surface area (Å²) in [5.74, 6) is 0. The number of benzene rings is 1. The van der Waals surface area contributed by atoms with Gasteiger partial charge in [-0.1, -0.05) is 30.3 Å². The van der Waals surface area contributed by atoms with Crippen LogP contribution in [0, 0.1) is 0 Å². The molecule has 4 nitrogen and oxygen atoms in total. The number of carbonyl (C=O) groups is 1. The van der Waals surface area contributed by atoms with Crippen LogP contribution in [0.25, 0.3) is 0 Å². The van der Waals surface area contributed by atoms with E-state index in [4.69, 9.17) is 9.47 Å². The Hall–Kier alpha value is -1.55. The van der Waals surface area contributed by atoms with E-state index in [0.717, 1.165) is 5.56 Å². The van der Waals surface area contributed by atoms with Crippen LogP contribution in [-0.2, 0) is 16.1 Å². The summed E-state index contributed by atoms with van der Waals surface area (Å²) in [7, 11) is 1.74. The summed E-state index contributed by atoms with van der Waals surface area (Å²) < 4.78 is 11.1. The molecule has 4 heteroatoms. The fraction of sp³-hybridized carbons (Fsp3) is 0.588. The average Bonchev–Trinajstić information content (AvgIpc) is 2.37. The van der Waals surface area contributed by atoms with Crippen LogP contribution in [0.5, 0.6) is 0 Å². The quantitative estimate of drug-likeness (QED) is 0.827. The van der Waals surface area contributed by atoms with Crippen molar-refractivity contribution >= 4 is 6.09 Å². The van der Waals surface area contributed by atoms with Crippen molar-refractivity contribution in [1.82, 2.24) is 4.90 Å². The Kier molecular flexibility index (Phi) is 5.78. The third kappa shape index (κ3) is 6.17. The van der Waals surface area contributed by atoms with Gasteiger partial charge in [-0.05, 0) is 40.2 Å². The molecule has 0 radical (unpaired) electrons. The lowest BCUT2D eigenvalue weighted by Gasteiger charge is -2.36. The van der Waals surface area contributed by atoms with Crippen molar-refractivity contribution in [3.05, 3.63) is 35.9 Å². The highest BCUT2D eigenvalue weighted by molar-refractivity contribution is 5.68. The SMILES string of the molecule is CN(C(=O)OC(C)(C)C)C(C)(C)COCc1ccccc1. The molecular weight excluding hydrogens is 266 g/mol.